The van der Waals surface area contributed by atoms with Gasteiger partial charge in [0, 0.05) is 10.6 Å². The molecular formula is C9H5Cl2NO3. The van der Waals surface area contributed by atoms with Crippen molar-refractivity contribution in [3.05, 3.63) is 27.7 Å². The Hall–Kier alpha value is -1.26. The molecule has 0 unspecified atom stereocenters. The van der Waals surface area contributed by atoms with E-state index in [0.29, 0.717) is 21.3 Å². The van der Waals surface area contributed by atoms with E-state index in [1.165, 1.54) is 12.1 Å². The molecule has 1 aromatic rings. The summed E-state index contributed by atoms with van der Waals surface area (Å²) in [5, 5.41) is 3.11. The zero-order valence-electron chi connectivity index (χ0n) is 7.34. The van der Waals surface area contributed by atoms with Crippen LogP contribution < -0.4 is 5.32 Å². The van der Waals surface area contributed by atoms with Crippen molar-refractivity contribution in [2.45, 2.75) is 6.61 Å². The molecular weight excluding hydrogens is 241 g/mol. The maximum absolute atomic E-state index is 11.1. The molecule has 0 bridgehead atoms. The molecule has 1 aliphatic rings. The van der Waals surface area contributed by atoms with Crippen molar-refractivity contribution in [2.24, 2.45) is 0 Å². The largest absolute Gasteiger partial charge is 0.454 e. The van der Waals surface area contributed by atoms with Crippen molar-refractivity contribution < 1.29 is 14.3 Å². The standard InChI is InChI=1S/C9H5Cl2NO3/c10-4-1-6(11)5-3-15-9(14)8(13)12-7(5)2-4/h1-2H,3H2,(H,12,13). The Labute approximate surface area is 95.1 Å². The quantitative estimate of drug-likeness (QED) is 0.562. The molecule has 0 aliphatic carbocycles. The van der Waals surface area contributed by atoms with Gasteiger partial charge in [-0.15, -0.1) is 0 Å². The minimum absolute atomic E-state index is 0.0388. The second kappa shape index (κ2) is 3.72. The monoisotopic (exact) mass is 245 g/mol. The summed E-state index contributed by atoms with van der Waals surface area (Å²) in [6.07, 6.45) is 0. The predicted molar refractivity (Wildman–Crippen MR) is 54.9 cm³/mol. The van der Waals surface area contributed by atoms with Gasteiger partial charge < -0.3 is 10.1 Å². The summed E-state index contributed by atoms with van der Waals surface area (Å²) in [5.41, 5.74) is 0.948. The van der Waals surface area contributed by atoms with Crippen LogP contribution in [0.3, 0.4) is 0 Å². The lowest BCUT2D eigenvalue weighted by Gasteiger charge is -2.07. The number of rotatable bonds is 0. The van der Waals surface area contributed by atoms with Gasteiger partial charge in [-0.25, -0.2) is 4.79 Å². The minimum atomic E-state index is -0.932. The first-order valence-corrected chi connectivity index (χ1v) is 4.79. The van der Waals surface area contributed by atoms with E-state index in [2.05, 4.69) is 10.1 Å². The number of halogens is 2. The highest BCUT2D eigenvalue weighted by atomic mass is 35.5. The molecule has 0 saturated heterocycles. The van der Waals surface area contributed by atoms with Crippen molar-refractivity contribution in [1.29, 1.82) is 0 Å². The van der Waals surface area contributed by atoms with Gasteiger partial charge in [0.25, 0.3) is 0 Å². The third-order valence-corrected chi connectivity index (χ3v) is 2.50. The molecule has 0 atom stereocenters. The molecule has 0 spiro atoms. The average Bonchev–Trinajstić information content (AvgIpc) is 2.27. The maximum atomic E-state index is 11.1. The third kappa shape index (κ3) is 1.91. The van der Waals surface area contributed by atoms with Gasteiger partial charge in [-0.2, -0.15) is 0 Å². The van der Waals surface area contributed by atoms with Gasteiger partial charge in [-0.05, 0) is 12.1 Å². The lowest BCUT2D eigenvalue weighted by atomic mass is 10.2. The average molecular weight is 246 g/mol. The van der Waals surface area contributed by atoms with Gasteiger partial charge >= 0.3 is 11.9 Å². The number of cyclic esters (lactones) is 1. The van der Waals surface area contributed by atoms with Crippen LogP contribution in [0.2, 0.25) is 10.0 Å². The number of benzene rings is 1. The molecule has 15 heavy (non-hydrogen) atoms. The Morgan fingerprint density at radius 2 is 2.00 bits per heavy atom. The topological polar surface area (TPSA) is 55.4 Å². The van der Waals surface area contributed by atoms with Gasteiger partial charge in [0.15, 0.2) is 0 Å². The Morgan fingerprint density at radius 1 is 1.27 bits per heavy atom. The number of amides is 1. The summed E-state index contributed by atoms with van der Waals surface area (Å²) in [6, 6.07) is 3.04. The molecule has 0 fully saturated rings. The van der Waals surface area contributed by atoms with E-state index in [4.69, 9.17) is 23.2 Å². The Balaban J connectivity index is 2.51. The molecule has 1 N–H and O–H groups in total. The zero-order valence-corrected chi connectivity index (χ0v) is 8.85. The van der Waals surface area contributed by atoms with E-state index < -0.39 is 11.9 Å². The summed E-state index contributed by atoms with van der Waals surface area (Å²) < 4.78 is 4.68. The highest BCUT2D eigenvalue weighted by Gasteiger charge is 2.23. The minimum Gasteiger partial charge on any atom is -0.454 e. The highest BCUT2D eigenvalue weighted by molar-refractivity contribution is 6.39. The Morgan fingerprint density at radius 3 is 2.73 bits per heavy atom. The molecule has 78 valence electrons. The van der Waals surface area contributed by atoms with Gasteiger partial charge in [0.05, 0.1) is 10.7 Å². The van der Waals surface area contributed by atoms with Gasteiger partial charge in [0.2, 0.25) is 0 Å². The van der Waals surface area contributed by atoms with Crippen LogP contribution in [-0.2, 0) is 20.9 Å². The van der Waals surface area contributed by atoms with Crippen molar-refractivity contribution >= 4 is 40.8 Å². The normalized spacial score (nSPS) is 15.1. The summed E-state index contributed by atoms with van der Waals surface area (Å²) in [6.45, 7) is -0.0388. The van der Waals surface area contributed by atoms with Crippen LogP contribution >= 0.6 is 23.2 Å². The molecule has 2 rings (SSSR count). The molecule has 0 radical (unpaired) electrons. The van der Waals surface area contributed by atoms with Crippen molar-refractivity contribution in [3.8, 4) is 0 Å². The number of anilines is 1. The van der Waals surface area contributed by atoms with Gasteiger partial charge in [-0.3, -0.25) is 4.79 Å². The fourth-order valence-corrected chi connectivity index (χ4v) is 1.79. The number of nitrogens with one attached hydrogen (secondary N) is 1. The van der Waals surface area contributed by atoms with Crippen molar-refractivity contribution in [3.63, 3.8) is 0 Å². The molecule has 1 heterocycles. The number of ether oxygens (including phenoxy) is 1. The molecule has 1 aromatic carbocycles. The third-order valence-electron chi connectivity index (χ3n) is 1.94. The second-order valence-electron chi connectivity index (χ2n) is 2.94. The lowest BCUT2D eigenvalue weighted by Crippen LogP contribution is -2.21. The zero-order chi connectivity index (χ0) is 11.0. The molecule has 1 aliphatic heterocycles. The number of hydrogen-bond donors (Lipinski definition) is 1. The van der Waals surface area contributed by atoms with E-state index in [0.717, 1.165) is 0 Å². The molecule has 1 amide bonds. The molecule has 0 saturated carbocycles. The van der Waals surface area contributed by atoms with Crippen LogP contribution in [0.5, 0.6) is 0 Å². The number of carbonyl (C=O) groups excluding carboxylic acids is 2. The van der Waals surface area contributed by atoms with E-state index in [1.54, 1.807) is 0 Å². The first kappa shape index (κ1) is 10.3. The van der Waals surface area contributed by atoms with Crippen LogP contribution in [0.1, 0.15) is 5.56 Å². The first-order valence-electron chi connectivity index (χ1n) is 4.04. The van der Waals surface area contributed by atoms with Crippen LogP contribution in [0.4, 0.5) is 5.69 Å². The molecule has 4 nitrogen and oxygen atoms in total. The van der Waals surface area contributed by atoms with E-state index in [-0.39, 0.29) is 6.61 Å². The van der Waals surface area contributed by atoms with Gasteiger partial charge in [-0.1, -0.05) is 23.2 Å². The lowest BCUT2D eigenvalue weighted by molar-refractivity contribution is -0.153. The number of hydrogen-bond acceptors (Lipinski definition) is 3. The molecule has 6 heteroatoms. The highest BCUT2D eigenvalue weighted by Crippen LogP contribution is 2.31. The second-order valence-corrected chi connectivity index (χ2v) is 3.79. The van der Waals surface area contributed by atoms with E-state index in [1.807, 2.05) is 0 Å². The van der Waals surface area contributed by atoms with Crippen LogP contribution in [0.25, 0.3) is 0 Å². The van der Waals surface area contributed by atoms with E-state index >= 15 is 0 Å². The first-order chi connectivity index (χ1) is 7.08. The number of fused-ring (bicyclic) bond motifs is 1. The number of esters is 1. The predicted octanol–water partition coefficient (Wildman–Crippen LogP) is 1.99. The Kier molecular flexibility index (Phi) is 2.54. The van der Waals surface area contributed by atoms with Crippen LogP contribution in [0, 0.1) is 0 Å². The fraction of sp³-hybridized carbons (Fsp3) is 0.111. The van der Waals surface area contributed by atoms with Crippen LogP contribution in [-0.4, -0.2) is 11.9 Å². The maximum Gasteiger partial charge on any atom is 0.397 e. The van der Waals surface area contributed by atoms with Crippen LogP contribution in [0.15, 0.2) is 12.1 Å². The SMILES string of the molecule is O=C1Nc2cc(Cl)cc(Cl)c2COC1=O. The van der Waals surface area contributed by atoms with Crippen molar-refractivity contribution in [2.75, 3.05) is 5.32 Å². The smallest absolute Gasteiger partial charge is 0.397 e. The Bertz CT molecular complexity index is 459. The summed E-state index contributed by atoms with van der Waals surface area (Å²) in [4.78, 5) is 22.1. The molecule has 0 aromatic heterocycles. The fourth-order valence-electron chi connectivity index (χ4n) is 1.24. The summed E-state index contributed by atoms with van der Waals surface area (Å²) in [7, 11) is 0. The summed E-state index contributed by atoms with van der Waals surface area (Å²) in [5.74, 6) is -1.76. The number of carbonyl (C=O) groups is 2. The van der Waals surface area contributed by atoms with Crippen molar-refractivity contribution in [1.82, 2.24) is 0 Å². The van der Waals surface area contributed by atoms with E-state index in [9.17, 15) is 9.59 Å². The van der Waals surface area contributed by atoms with Gasteiger partial charge in [0.1, 0.15) is 6.61 Å². The summed E-state index contributed by atoms with van der Waals surface area (Å²) >= 11 is 11.6.